The summed E-state index contributed by atoms with van der Waals surface area (Å²) in [6, 6.07) is 7.67. The smallest absolute Gasteiger partial charge is 0.123 e. The molecule has 1 aromatic carbocycles. The molecule has 0 radical (unpaired) electrons. The van der Waals surface area contributed by atoms with Gasteiger partial charge < -0.3 is 5.32 Å². The van der Waals surface area contributed by atoms with Gasteiger partial charge in [-0.2, -0.15) is 0 Å². The van der Waals surface area contributed by atoms with Gasteiger partial charge in [0.25, 0.3) is 0 Å². The van der Waals surface area contributed by atoms with Crippen LogP contribution in [0, 0.1) is 11.7 Å². The summed E-state index contributed by atoms with van der Waals surface area (Å²) < 4.78 is 12.9. The van der Waals surface area contributed by atoms with Crippen molar-refractivity contribution in [3.63, 3.8) is 0 Å². The number of hydrogen-bond acceptors (Lipinski definition) is 1. The average Bonchev–Trinajstić information content (AvgIpc) is 2.40. The lowest BCUT2D eigenvalue weighted by Gasteiger charge is -2.30. The molecule has 0 saturated heterocycles. The van der Waals surface area contributed by atoms with Crippen molar-refractivity contribution in [1.82, 2.24) is 5.32 Å². The molecule has 2 rings (SSSR count). The zero-order valence-corrected chi connectivity index (χ0v) is 11.5. The summed E-state index contributed by atoms with van der Waals surface area (Å²) in [4.78, 5) is 0. The van der Waals surface area contributed by atoms with E-state index in [2.05, 4.69) is 19.2 Å². The Morgan fingerprint density at radius 2 is 1.67 bits per heavy atom. The largest absolute Gasteiger partial charge is 0.307 e. The van der Waals surface area contributed by atoms with E-state index in [9.17, 15) is 4.39 Å². The van der Waals surface area contributed by atoms with Crippen LogP contribution in [-0.2, 0) is 0 Å². The molecule has 0 heterocycles. The Kier molecular flexibility index (Phi) is 4.76. The first kappa shape index (κ1) is 13.5. The highest BCUT2D eigenvalue weighted by Crippen LogP contribution is 2.27. The molecule has 1 saturated carbocycles. The minimum absolute atomic E-state index is 0.161. The van der Waals surface area contributed by atoms with Gasteiger partial charge in [0.05, 0.1) is 0 Å². The van der Waals surface area contributed by atoms with Crippen molar-refractivity contribution in [2.75, 3.05) is 0 Å². The molecule has 0 aliphatic heterocycles. The standard InChI is InChI=1S/C16H24FN/c1-12(14-6-4-3-5-7-14)18-13(2)15-8-10-16(17)11-9-15/h8-14,18H,3-7H2,1-2H3. The Bertz CT molecular complexity index is 354. The second-order valence-electron chi connectivity index (χ2n) is 5.63. The Morgan fingerprint density at radius 1 is 1.06 bits per heavy atom. The molecule has 0 bridgehead atoms. The van der Waals surface area contributed by atoms with Crippen LogP contribution in [0.3, 0.4) is 0 Å². The molecule has 100 valence electrons. The Labute approximate surface area is 110 Å². The van der Waals surface area contributed by atoms with E-state index in [0.717, 1.165) is 5.92 Å². The van der Waals surface area contributed by atoms with Crippen LogP contribution in [0.1, 0.15) is 57.6 Å². The molecule has 1 N–H and O–H groups in total. The summed E-state index contributed by atoms with van der Waals surface area (Å²) in [5.41, 5.74) is 1.17. The molecule has 1 nitrogen and oxygen atoms in total. The van der Waals surface area contributed by atoms with Gasteiger partial charge in [0.2, 0.25) is 0 Å². The fourth-order valence-electron chi connectivity index (χ4n) is 3.01. The zero-order chi connectivity index (χ0) is 13.0. The lowest BCUT2D eigenvalue weighted by Crippen LogP contribution is -2.36. The van der Waals surface area contributed by atoms with Gasteiger partial charge in [-0.25, -0.2) is 4.39 Å². The molecular weight excluding hydrogens is 225 g/mol. The molecule has 2 atom stereocenters. The number of benzene rings is 1. The van der Waals surface area contributed by atoms with E-state index in [0.29, 0.717) is 12.1 Å². The molecule has 0 amide bonds. The molecule has 0 spiro atoms. The Hall–Kier alpha value is -0.890. The number of nitrogens with one attached hydrogen (secondary N) is 1. The first-order valence-corrected chi connectivity index (χ1v) is 7.18. The van der Waals surface area contributed by atoms with Crippen LogP contribution in [0.25, 0.3) is 0 Å². The van der Waals surface area contributed by atoms with Crippen LogP contribution in [0.4, 0.5) is 4.39 Å². The lowest BCUT2D eigenvalue weighted by molar-refractivity contribution is 0.268. The van der Waals surface area contributed by atoms with Gasteiger partial charge >= 0.3 is 0 Å². The van der Waals surface area contributed by atoms with Crippen molar-refractivity contribution in [2.24, 2.45) is 5.92 Å². The highest BCUT2D eigenvalue weighted by atomic mass is 19.1. The molecule has 2 unspecified atom stereocenters. The van der Waals surface area contributed by atoms with E-state index in [-0.39, 0.29) is 5.82 Å². The first-order valence-electron chi connectivity index (χ1n) is 7.18. The van der Waals surface area contributed by atoms with Crippen LogP contribution >= 0.6 is 0 Å². The van der Waals surface area contributed by atoms with Gasteiger partial charge in [0.1, 0.15) is 5.82 Å². The van der Waals surface area contributed by atoms with E-state index < -0.39 is 0 Å². The number of hydrogen-bond donors (Lipinski definition) is 1. The maximum atomic E-state index is 12.9. The van der Waals surface area contributed by atoms with Gasteiger partial charge in [-0.3, -0.25) is 0 Å². The summed E-state index contributed by atoms with van der Waals surface area (Å²) >= 11 is 0. The second kappa shape index (κ2) is 6.33. The Balaban J connectivity index is 1.89. The first-order chi connectivity index (χ1) is 8.66. The van der Waals surface area contributed by atoms with Crippen LogP contribution < -0.4 is 5.32 Å². The average molecular weight is 249 g/mol. The third-order valence-corrected chi connectivity index (χ3v) is 4.24. The van der Waals surface area contributed by atoms with E-state index in [1.54, 1.807) is 12.1 Å². The van der Waals surface area contributed by atoms with Crippen LogP contribution in [-0.4, -0.2) is 6.04 Å². The molecule has 0 aromatic heterocycles. The minimum Gasteiger partial charge on any atom is -0.307 e. The molecule has 18 heavy (non-hydrogen) atoms. The lowest BCUT2D eigenvalue weighted by atomic mass is 9.84. The number of halogens is 1. The predicted molar refractivity (Wildman–Crippen MR) is 74.0 cm³/mol. The second-order valence-corrected chi connectivity index (χ2v) is 5.63. The van der Waals surface area contributed by atoms with Crippen molar-refractivity contribution >= 4 is 0 Å². The molecule has 2 heteroatoms. The third kappa shape index (κ3) is 3.55. The zero-order valence-electron chi connectivity index (χ0n) is 11.5. The van der Waals surface area contributed by atoms with Crippen molar-refractivity contribution < 1.29 is 4.39 Å². The maximum absolute atomic E-state index is 12.9. The Morgan fingerprint density at radius 3 is 2.28 bits per heavy atom. The predicted octanol–water partition coefficient (Wildman–Crippen LogP) is 4.45. The van der Waals surface area contributed by atoms with Crippen molar-refractivity contribution in [1.29, 1.82) is 0 Å². The van der Waals surface area contributed by atoms with Crippen molar-refractivity contribution in [3.8, 4) is 0 Å². The summed E-state index contributed by atoms with van der Waals surface area (Å²) in [5.74, 6) is 0.646. The maximum Gasteiger partial charge on any atom is 0.123 e. The van der Waals surface area contributed by atoms with Crippen molar-refractivity contribution in [2.45, 2.75) is 58.0 Å². The monoisotopic (exact) mass is 249 g/mol. The van der Waals surface area contributed by atoms with Crippen LogP contribution in [0.5, 0.6) is 0 Å². The van der Waals surface area contributed by atoms with E-state index in [4.69, 9.17) is 0 Å². The van der Waals surface area contributed by atoms with E-state index >= 15 is 0 Å². The van der Waals surface area contributed by atoms with Gasteiger partial charge in [0.15, 0.2) is 0 Å². The van der Waals surface area contributed by atoms with Gasteiger partial charge in [0, 0.05) is 12.1 Å². The molecule has 1 aliphatic carbocycles. The fraction of sp³-hybridized carbons (Fsp3) is 0.625. The fourth-order valence-corrected chi connectivity index (χ4v) is 3.01. The number of rotatable bonds is 4. The van der Waals surface area contributed by atoms with Gasteiger partial charge in [-0.1, -0.05) is 31.4 Å². The quantitative estimate of drug-likeness (QED) is 0.831. The summed E-state index contributed by atoms with van der Waals surface area (Å²) in [7, 11) is 0. The van der Waals surface area contributed by atoms with Crippen LogP contribution in [0.2, 0.25) is 0 Å². The molecule has 1 fully saturated rings. The SMILES string of the molecule is CC(NC(C)C1CCCCC1)c1ccc(F)cc1. The molecule has 1 aliphatic rings. The topological polar surface area (TPSA) is 12.0 Å². The summed E-state index contributed by atoms with van der Waals surface area (Å²) in [6.07, 6.45) is 6.86. The van der Waals surface area contributed by atoms with Crippen molar-refractivity contribution in [3.05, 3.63) is 35.6 Å². The van der Waals surface area contributed by atoms with E-state index in [1.165, 1.54) is 37.7 Å². The van der Waals surface area contributed by atoms with Crippen LogP contribution in [0.15, 0.2) is 24.3 Å². The molecular formula is C16H24FN. The summed E-state index contributed by atoms with van der Waals surface area (Å²) in [6.45, 7) is 4.45. The van der Waals surface area contributed by atoms with Gasteiger partial charge in [-0.05, 0) is 50.3 Å². The highest BCUT2D eigenvalue weighted by molar-refractivity contribution is 5.19. The van der Waals surface area contributed by atoms with Gasteiger partial charge in [-0.15, -0.1) is 0 Å². The summed E-state index contributed by atoms with van der Waals surface area (Å²) in [5, 5.41) is 3.66. The minimum atomic E-state index is -0.161. The highest BCUT2D eigenvalue weighted by Gasteiger charge is 2.21. The third-order valence-electron chi connectivity index (χ3n) is 4.24. The normalized spacial score (nSPS) is 20.6. The van der Waals surface area contributed by atoms with E-state index in [1.807, 2.05) is 12.1 Å². The molecule has 1 aromatic rings.